The van der Waals surface area contributed by atoms with Gasteiger partial charge < -0.3 is 10.1 Å². The zero-order chi connectivity index (χ0) is 15.1. The standard InChI is InChI=1S/C16H17NO3S/c1-2-12-5-7-13(8-6-12)10-17-15(18)11-20-16(19)14-4-3-9-21-14/h3-9H,2,10-11H2,1H3,(H,17,18). The average Bonchev–Trinajstić information content (AvgIpc) is 3.05. The molecule has 0 aliphatic carbocycles. The summed E-state index contributed by atoms with van der Waals surface area (Å²) in [6.45, 7) is 2.27. The molecule has 4 nitrogen and oxygen atoms in total. The highest BCUT2D eigenvalue weighted by Gasteiger charge is 2.10. The third kappa shape index (κ3) is 4.72. The Kier molecular flexibility index (Phi) is 5.51. The molecule has 0 atom stereocenters. The number of aryl methyl sites for hydroxylation is 1. The molecule has 0 saturated carbocycles. The van der Waals surface area contributed by atoms with E-state index in [0.717, 1.165) is 12.0 Å². The molecule has 110 valence electrons. The summed E-state index contributed by atoms with van der Waals surface area (Å²) >= 11 is 1.29. The van der Waals surface area contributed by atoms with Gasteiger partial charge in [0.25, 0.3) is 5.91 Å². The Balaban J connectivity index is 1.73. The maximum atomic E-state index is 11.6. The van der Waals surface area contributed by atoms with E-state index in [1.807, 2.05) is 24.3 Å². The van der Waals surface area contributed by atoms with Crippen molar-refractivity contribution in [3.8, 4) is 0 Å². The number of carbonyl (C=O) groups excluding carboxylic acids is 2. The van der Waals surface area contributed by atoms with Crippen LogP contribution in [0.2, 0.25) is 0 Å². The number of ether oxygens (including phenoxy) is 1. The van der Waals surface area contributed by atoms with E-state index in [-0.39, 0.29) is 12.5 Å². The number of esters is 1. The van der Waals surface area contributed by atoms with Gasteiger partial charge in [-0.3, -0.25) is 4.79 Å². The van der Waals surface area contributed by atoms with Crippen LogP contribution in [0.3, 0.4) is 0 Å². The topological polar surface area (TPSA) is 55.4 Å². The molecule has 5 heteroatoms. The number of hydrogen-bond acceptors (Lipinski definition) is 4. The largest absolute Gasteiger partial charge is 0.451 e. The first-order valence-corrected chi connectivity index (χ1v) is 7.62. The first-order chi connectivity index (χ1) is 10.2. The summed E-state index contributed by atoms with van der Waals surface area (Å²) in [6, 6.07) is 11.5. The van der Waals surface area contributed by atoms with E-state index >= 15 is 0 Å². The minimum absolute atomic E-state index is 0.260. The van der Waals surface area contributed by atoms with E-state index in [2.05, 4.69) is 12.2 Å². The van der Waals surface area contributed by atoms with Crippen molar-refractivity contribution in [2.24, 2.45) is 0 Å². The summed E-state index contributed by atoms with van der Waals surface area (Å²) in [5, 5.41) is 4.51. The van der Waals surface area contributed by atoms with Crippen LogP contribution < -0.4 is 5.32 Å². The summed E-state index contributed by atoms with van der Waals surface area (Å²) in [5.74, 6) is -0.771. The number of rotatable bonds is 6. The SMILES string of the molecule is CCc1ccc(CNC(=O)COC(=O)c2cccs2)cc1. The van der Waals surface area contributed by atoms with Gasteiger partial charge in [0.05, 0.1) is 0 Å². The second-order valence-corrected chi connectivity index (χ2v) is 5.45. The molecule has 1 N–H and O–H groups in total. The second kappa shape index (κ2) is 7.59. The molecule has 1 aromatic carbocycles. The molecule has 0 radical (unpaired) electrons. The van der Waals surface area contributed by atoms with Crippen LogP contribution in [-0.4, -0.2) is 18.5 Å². The Morgan fingerprint density at radius 1 is 1.14 bits per heavy atom. The highest BCUT2D eigenvalue weighted by atomic mass is 32.1. The molecule has 1 aromatic heterocycles. The van der Waals surface area contributed by atoms with Crippen molar-refractivity contribution in [2.75, 3.05) is 6.61 Å². The van der Waals surface area contributed by atoms with Crippen LogP contribution in [0, 0.1) is 0 Å². The van der Waals surface area contributed by atoms with Crippen LogP contribution in [0.1, 0.15) is 27.7 Å². The lowest BCUT2D eigenvalue weighted by molar-refractivity contribution is -0.124. The lowest BCUT2D eigenvalue weighted by Gasteiger charge is -2.06. The molecular formula is C16H17NO3S. The van der Waals surface area contributed by atoms with Gasteiger partial charge >= 0.3 is 5.97 Å². The van der Waals surface area contributed by atoms with Crippen molar-refractivity contribution in [1.82, 2.24) is 5.32 Å². The Labute approximate surface area is 127 Å². The second-order valence-electron chi connectivity index (χ2n) is 4.50. The minimum atomic E-state index is -0.465. The predicted octanol–water partition coefficient (Wildman–Crippen LogP) is 2.78. The molecule has 0 unspecified atom stereocenters. The van der Waals surface area contributed by atoms with E-state index in [1.165, 1.54) is 16.9 Å². The van der Waals surface area contributed by atoms with Gasteiger partial charge in [-0.2, -0.15) is 0 Å². The normalized spacial score (nSPS) is 10.1. The molecular weight excluding hydrogens is 286 g/mol. The smallest absolute Gasteiger partial charge is 0.348 e. The fourth-order valence-electron chi connectivity index (χ4n) is 1.74. The lowest BCUT2D eigenvalue weighted by Crippen LogP contribution is -2.28. The Bertz CT molecular complexity index is 590. The number of benzene rings is 1. The quantitative estimate of drug-likeness (QED) is 0.835. The fraction of sp³-hybridized carbons (Fsp3) is 0.250. The molecule has 0 aliphatic heterocycles. The van der Waals surface area contributed by atoms with Gasteiger partial charge in [0.1, 0.15) is 4.88 Å². The van der Waals surface area contributed by atoms with Gasteiger partial charge in [-0.05, 0) is 29.0 Å². The maximum absolute atomic E-state index is 11.6. The summed E-state index contributed by atoms with van der Waals surface area (Å²) in [4.78, 5) is 23.7. The number of amides is 1. The van der Waals surface area contributed by atoms with Crippen molar-refractivity contribution in [3.05, 3.63) is 57.8 Å². The summed E-state index contributed by atoms with van der Waals surface area (Å²) in [5.41, 5.74) is 2.28. The van der Waals surface area contributed by atoms with Crippen molar-refractivity contribution < 1.29 is 14.3 Å². The van der Waals surface area contributed by atoms with Crippen LogP contribution in [0.25, 0.3) is 0 Å². The van der Waals surface area contributed by atoms with Gasteiger partial charge in [-0.15, -0.1) is 11.3 Å². The first-order valence-electron chi connectivity index (χ1n) is 6.74. The Hall–Kier alpha value is -2.14. The highest BCUT2D eigenvalue weighted by Crippen LogP contribution is 2.09. The van der Waals surface area contributed by atoms with Gasteiger partial charge in [-0.1, -0.05) is 37.3 Å². The highest BCUT2D eigenvalue weighted by molar-refractivity contribution is 7.11. The average molecular weight is 303 g/mol. The predicted molar refractivity (Wildman–Crippen MR) is 82.3 cm³/mol. The van der Waals surface area contributed by atoms with Gasteiger partial charge in [0.2, 0.25) is 0 Å². The molecule has 1 heterocycles. The van der Waals surface area contributed by atoms with Crippen LogP contribution in [-0.2, 0) is 22.5 Å². The van der Waals surface area contributed by atoms with E-state index < -0.39 is 5.97 Å². The Morgan fingerprint density at radius 3 is 2.48 bits per heavy atom. The van der Waals surface area contributed by atoms with Gasteiger partial charge in [0.15, 0.2) is 6.61 Å². The Morgan fingerprint density at radius 2 is 1.86 bits per heavy atom. The van der Waals surface area contributed by atoms with E-state index in [4.69, 9.17) is 4.74 Å². The third-order valence-corrected chi connectivity index (χ3v) is 3.83. The van der Waals surface area contributed by atoms with Crippen LogP contribution in [0.4, 0.5) is 0 Å². The molecule has 0 bridgehead atoms. The van der Waals surface area contributed by atoms with E-state index in [9.17, 15) is 9.59 Å². The lowest BCUT2D eigenvalue weighted by atomic mass is 10.1. The summed E-state index contributed by atoms with van der Waals surface area (Å²) in [6.07, 6.45) is 0.991. The molecule has 2 rings (SSSR count). The van der Waals surface area contributed by atoms with Crippen LogP contribution >= 0.6 is 11.3 Å². The van der Waals surface area contributed by atoms with Crippen molar-refractivity contribution in [2.45, 2.75) is 19.9 Å². The zero-order valence-electron chi connectivity index (χ0n) is 11.8. The zero-order valence-corrected chi connectivity index (χ0v) is 12.6. The molecule has 0 saturated heterocycles. The van der Waals surface area contributed by atoms with Crippen molar-refractivity contribution >= 4 is 23.2 Å². The maximum Gasteiger partial charge on any atom is 0.348 e. The monoisotopic (exact) mass is 303 g/mol. The molecule has 0 aliphatic rings. The molecule has 0 fully saturated rings. The van der Waals surface area contributed by atoms with Crippen LogP contribution in [0.5, 0.6) is 0 Å². The first kappa shape index (κ1) is 15.3. The van der Waals surface area contributed by atoms with Crippen LogP contribution in [0.15, 0.2) is 41.8 Å². The summed E-state index contributed by atoms with van der Waals surface area (Å²) in [7, 11) is 0. The molecule has 2 aromatic rings. The van der Waals surface area contributed by atoms with Gasteiger partial charge in [-0.25, -0.2) is 4.79 Å². The third-order valence-electron chi connectivity index (χ3n) is 2.98. The van der Waals surface area contributed by atoms with Gasteiger partial charge in [0, 0.05) is 6.54 Å². The summed E-state index contributed by atoms with van der Waals surface area (Å²) < 4.78 is 4.93. The van der Waals surface area contributed by atoms with Crippen molar-refractivity contribution in [1.29, 1.82) is 0 Å². The van der Waals surface area contributed by atoms with E-state index in [1.54, 1.807) is 17.5 Å². The van der Waals surface area contributed by atoms with E-state index in [0.29, 0.717) is 11.4 Å². The number of hydrogen-bond donors (Lipinski definition) is 1. The molecule has 0 spiro atoms. The minimum Gasteiger partial charge on any atom is -0.451 e. The number of carbonyl (C=O) groups is 2. The van der Waals surface area contributed by atoms with Crippen molar-refractivity contribution in [3.63, 3.8) is 0 Å². The molecule has 1 amide bonds. The number of nitrogens with one attached hydrogen (secondary N) is 1. The number of thiophene rings is 1. The fourth-order valence-corrected chi connectivity index (χ4v) is 2.36. The molecule has 21 heavy (non-hydrogen) atoms.